The van der Waals surface area contributed by atoms with E-state index in [9.17, 15) is 4.79 Å². The Morgan fingerprint density at radius 2 is 2.04 bits per heavy atom. The van der Waals surface area contributed by atoms with Gasteiger partial charge in [0.25, 0.3) is 0 Å². The maximum Gasteiger partial charge on any atom is 0.349 e. The molecule has 0 saturated heterocycles. The average molecular weight is 344 g/mol. The molecule has 3 rings (SSSR count). The van der Waals surface area contributed by atoms with Crippen LogP contribution in [0.4, 0.5) is 11.7 Å². The van der Waals surface area contributed by atoms with Crippen molar-refractivity contribution in [3.8, 4) is 5.75 Å². The van der Waals surface area contributed by atoms with Gasteiger partial charge in [-0.3, -0.25) is 0 Å². The number of hydrogen-bond acceptors (Lipinski definition) is 6. The summed E-state index contributed by atoms with van der Waals surface area (Å²) in [5, 5.41) is 3.58. The maximum absolute atomic E-state index is 12.2. The molecule has 0 aliphatic rings. The largest absolute Gasteiger partial charge is 0.497 e. The molecule has 0 aliphatic heterocycles. The van der Waals surface area contributed by atoms with Crippen molar-refractivity contribution in [2.24, 2.45) is 0 Å². The van der Waals surface area contributed by atoms with Crippen molar-refractivity contribution in [2.45, 2.75) is 32.6 Å². The Labute approximate surface area is 144 Å². The summed E-state index contributed by atoms with van der Waals surface area (Å²) in [7, 11) is 1.62. The summed E-state index contributed by atoms with van der Waals surface area (Å²) in [5.74, 6) is 0.764. The van der Waals surface area contributed by atoms with Gasteiger partial charge in [-0.2, -0.15) is 4.98 Å². The van der Waals surface area contributed by atoms with E-state index in [1.807, 2.05) is 30.3 Å². The molecule has 0 aliphatic carbocycles. The lowest BCUT2D eigenvalue weighted by molar-refractivity contribution is 0.415. The Morgan fingerprint density at radius 3 is 2.75 bits per heavy atom. The van der Waals surface area contributed by atoms with Crippen molar-refractivity contribution in [1.82, 2.24) is 4.98 Å². The maximum atomic E-state index is 12.2. The number of anilines is 2. The number of benzene rings is 1. The molecule has 0 amide bonds. The van der Waals surface area contributed by atoms with Gasteiger partial charge in [0.05, 0.1) is 12.5 Å². The summed E-state index contributed by atoms with van der Waals surface area (Å²) in [5.41, 5.74) is 0.430. The molecule has 2 aromatic heterocycles. The third kappa shape index (κ3) is 3.76. The van der Waals surface area contributed by atoms with E-state index >= 15 is 0 Å². The molecule has 126 valence electrons. The van der Waals surface area contributed by atoms with Crippen LogP contribution in [0.2, 0.25) is 0 Å². The molecular weight excluding hydrogens is 324 g/mol. The van der Waals surface area contributed by atoms with Gasteiger partial charge in [-0.25, -0.2) is 4.79 Å². The number of aromatic nitrogens is 1. The Bertz CT molecular complexity index is 868. The first kappa shape index (κ1) is 16.5. The number of nitrogens with one attached hydrogen (secondary N) is 1. The fourth-order valence-corrected chi connectivity index (χ4v) is 3.49. The van der Waals surface area contributed by atoms with E-state index in [2.05, 4.69) is 17.2 Å². The highest BCUT2D eigenvalue weighted by Gasteiger charge is 2.11. The van der Waals surface area contributed by atoms with Crippen molar-refractivity contribution in [1.29, 1.82) is 0 Å². The van der Waals surface area contributed by atoms with Gasteiger partial charge in [-0.05, 0) is 43.2 Å². The van der Waals surface area contributed by atoms with E-state index in [-0.39, 0.29) is 11.6 Å². The second kappa shape index (κ2) is 7.49. The summed E-state index contributed by atoms with van der Waals surface area (Å²) in [6.07, 6.45) is 4.49. The molecule has 24 heavy (non-hydrogen) atoms. The van der Waals surface area contributed by atoms with Crippen molar-refractivity contribution in [2.75, 3.05) is 12.4 Å². The van der Waals surface area contributed by atoms with Gasteiger partial charge in [0, 0.05) is 10.6 Å². The van der Waals surface area contributed by atoms with E-state index < -0.39 is 0 Å². The van der Waals surface area contributed by atoms with Crippen LogP contribution in [0.25, 0.3) is 10.2 Å². The lowest BCUT2D eigenvalue weighted by Gasteiger charge is -2.04. The Balaban J connectivity index is 1.82. The topological polar surface area (TPSA) is 64.4 Å². The number of aryl methyl sites for hydroxylation is 1. The molecule has 3 aromatic rings. The second-order valence-electron chi connectivity index (χ2n) is 5.55. The van der Waals surface area contributed by atoms with Crippen LogP contribution in [0.5, 0.6) is 5.75 Å². The lowest BCUT2D eigenvalue weighted by Crippen LogP contribution is -2.03. The highest BCUT2D eigenvalue weighted by Crippen LogP contribution is 2.25. The average Bonchev–Trinajstić information content (AvgIpc) is 2.99. The highest BCUT2D eigenvalue weighted by atomic mass is 32.1. The van der Waals surface area contributed by atoms with E-state index in [0.717, 1.165) is 24.3 Å². The zero-order valence-corrected chi connectivity index (χ0v) is 14.6. The summed E-state index contributed by atoms with van der Waals surface area (Å²) in [6, 6.07) is 9.46. The SMILES string of the molecule is CCCCCc1cc2c(=O)oc(Nc3ccc(OC)cc3)nc2s1. The monoisotopic (exact) mass is 344 g/mol. The van der Waals surface area contributed by atoms with E-state index in [0.29, 0.717) is 10.2 Å². The van der Waals surface area contributed by atoms with Crippen molar-refractivity contribution < 1.29 is 9.15 Å². The summed E-state index contributed by atoms with van der Waals surface area (Å²) >= 11 is 1.56. The lowest BCUT2D eigenvalue weighted by atomic mass is 10.2. The summed E-state index contributed by atoms with van der Waals surface area (Å²) in [4.78, 5) is 18.5. The molecule has 1 aromatic carbocycles. The second-order valence-corrected chi connectivity index (χ2v) is 6.66. The van der Waals surface area contributed by atoms with Crippen molar-refractivity contribution in [3.63, 3.8) is 0 Å². The number of nitrogens with zero attached hydrogens (tertiary/aromatic N) is 1. The molecule has 0 fully saturated rings. The number of thiophene rings is 1. The highest BCUT2D eigenvalue weighted by molar-refractivity contribution is 7.18. The molecule has 0 spiro atoms. The third-order valence-electron chi connectivity index (χ3n) is 3.74. The summed E-state index contributed by atoms with van der Waals surface area (Å²) < 4.78 is 10.4. The molecule has 0 saturated carbocycles. The van der Waals surface area contributed by atoms with Crippen LogP contribution in [0.15, 0.2) is 39.5 Å². The zero-order chi connectivity index (χ0) is 16.9. The Hall–Kier alpha value is -2.34. The van der Waals surface area contributed by atoms with Crippen LogP contribution >= 0.6 is 11.3 Å². The predicted octanol–water partition coefficient (Wildman–Crippen LogP) is 4.73. The molecule has 2 heterocycles. The van der Waals surface area contributed by atoms with Gasteiger partial charge in [0.15, 0.2) is 0 Å². The Morgan fingerprint density at radius 1 is 1.25 bits per heavy atom. The fraction of sp³-hybridized carbons (Fsp3) is 0.333. The minimum atomic E-state index is -0.353. The molecule has 6 heteroatoms. The van der Waals surface area contributed by atoms with Crippen LogP contribution in [-0.2, 0) is 6.42 Å². The van der Waals surface area contributed by atoms with Gasteiger partial charge in [0.1, 0.15) is 10.6 Å². The molecule has 0 atom stereocenters. The van der Waals surface area contributed by atoms with Crippen LogP contribution in [-0.4, -0.2) is 12.1 Å². The number of fused-ring (bicyclic) bond motifs is 1. The quantitative estimate of drug-likeness (QED) is 0.628. The molecule has 0 bridgehead atoms. The number of hydrogen-bond donors (Lipinski definition) is 1. The number of ether oxygens (including phenoxy) is 1. The van der Waals surface area contributed by atoms with Gasteiger partial charge in [-0.15, -0.1) is 11.3 Å². The zero-order valence-electron chi connectivity index (χ0n) is 13.8. The first-order valence-electron chi connectivity index (χ1n) is 8.04. The minimum Gasteiger partial charge on any atom is -0.497 e. The van der Waals surface area contributed by atoms with Gasteiger partial charge in [-0.1, -0.05) is 19.8 Å². The standard InChI is InChI=1S/C18H20N2O3S/c1-3-4-5-6-14-11-15-16(24-14)20-18(23-17(15)21)19-12-7-9-13(22-2)10-8-12/h7-11H,3-6H2,1-2H3,(H,19,20). The number of rotatable bonds is 7. The third-order valence-corrected chi connectivity index (χ3v) is 4.83. The summed E-state index contributed by atoms with van der Waals surface area (Å²) in [6.45, 7) is 2.18. The number of unbranched alkanes of at least 4 members (excludes halogenated alkanes) is 2. The predicted molar refractivity (Wildman–Crippen MR) is 97.7 cm³/mol. The minimum absolute atomic E-state index is 0.208. The van der Waals surface area contributed by atoms with Gasteiger partial charge < -0.3 is 14.5 Å². The number of methoxy groups -OCH3 is 1. The van der Waals surface area contributed by atoms with Gasteiger partial charge >= 0.3 is 11.6 Å². The van der Waals surface area contributed by atoms with Crippen LogP contribution in [0.1, 0.15) is 31.1 Å². The van der Waals surface area contributed by atoms with E-state index in [1.54, 1.807) is 18.4 Å². The first-order valence-corrected chi connectivity index (χ1v) is 8.86. The van der Waals surface area contributed by atoms with Crippen molar-refractivity contribution >= 4 is 33.3 Å². The van der Waals surface area contributed by atoms with E-state index in [4.69, 9.17) is 9.15 Å². The molecular formula is C18H20N2O3S. The molecule has 1 N–H and O–H groups in total. The first-order chi connectivity index (χ1) is 11.7. The normalized spacial score (nSPS) is 10.9. The molecule has 5 nitrogen and oxygen atoms in total. The molecule has 0 radical (unpaired) electrons. The van der Waals surface area contributed by atoms with Gasteiger partial charge in [0.2, 0.25) is 0 Å². The smallest absolute Gasteiger partial charge is 0.349 e. The molecule has 0 unspecified atom stereocenters. The van der Waals surface area contributed by atoms with Crippen molar-refractivity contribution in [3.05, 3.63) is 45.6 Å². The fourth-order valence-electron chi connectivity index (χ4n) is 2.44. The van der Waals surface area contributed by atoms with Crippen LogP contribution < -0.4 is 15.7 Å². The van der Waals surface area contributed by atoms with E-state index in [1.165, 1.54) is 17.7 Å². The van der Waals surface area contributed by atoms with Crippen LogP contribution in [0.3, 0.4) is 0 Å². The van der Waals surface area contributed by atoms with Crippen LogP contribution in [0, 0.1) is 0 Å². The Kier molecular flexibility index (Phi) is 5.15.